The van der Waals surface area contributed by atoms with E-state index in [0.29, 0.717) is 28.9 Å². The second-order valence-corrected chi connectivity index (χ2v) is 6.14. The molecule has 0 saturated heterocycles. The Morgan fingerprint density at radius 3 is 2.50 bits per heavy atom. The Balaban J connectivity index is 2.99. The minimum absolute atomic E-state index is 0.0600. The zero-order valence-electron chi connectivity index (χ0n) is 10.9. The predicted molar refractivity (Wildman–Crippen MR) is 78.2 cm³/mol. The van der Waals surface area contributed by atoms with Gasteiger partial charge in [0.2, 0.25) is 0 Å². The fourth-order valence-corrected chi connectivity index (χ4v) is 2.75. The van der Waals surface area contributed by atoms with Crippen molar-refractivity contribution < 1.29 is 5.11 Å². The highest BCUT2D eigenvalue weighted by molar-refractivity contribution is 6.42. The first-order valence-electron chi connectivity index (χ1n) is 6.18. The lowest BCUT2D eigenvalue weighted by atomic mass is 9.76. The van der Waals surface area contributed by atoms with E-state index in [1.54, 1.807) is 6.07 Å². The summed E-state index contributed by atoms with van der Waals surface area (Å²) in [6.07, 6.45) is 1.51. The van der Waals surface area contributed by atoms with Gasteiger partial charge in [-0.2, -0.15) is 0 Å². The van der Waals surface area contributed by atoms with Gasteiger partial charge in [0.1, 0.15) is 0 Å². The molecule has 102 valence electrons. The van der Waals surface area contributed by atoms with E-state index in [2.05, 4.69) is 13.8 Å². The van der Waals surface area contributed by atoms with Crippen molar-refractivity contribution >= 4 is 23.2 Å². The Bertz CT molecular complexity index is 389. The van der Waals surface area contributed by atoms with Crippen molar-refractivity contribution in [2.45, 2.75) is 26.7 Å². The molecule has 1 aromatic carbocycles. The van der Waals surface area contributed by atoms with Crippen LogP contribution in [0.2, 0.25) is 10.0 Å². The summed E-state index contributed by atoms with van der Waals surface area (Å²) in [4.78, 5) is 0. The lowest BCUT2D eigenvalue weighted by Crippen LogP contribution is -2.37. The largest absolute Gasteiger partial charge is 0.396 e. The van der Waals surface area contributed by atoms with Gasteiger partial charge in [-0.25, -0.2) is 0 Å². The van der Waals surface area contributed by atoms with E-state index >= 15 is 0 Å². The molecule has 4 heteroatoms. The summed E-state index contributed by atoms with van der Waals surface area (Å²) in [5.74, 6) is 0.471. The van der Waals surface area contributed by atoms with Crippen LogP contribution in [0.15, 0.2) is 18.2 Å². The fraction of sp³-hybridized carbons (Fsp3) is 0.571. The zero-order chi connectivity index (χ0) is 13.8. The summed E-state index contributed by atoms with van der Waals surface area (Å²) >= 11 is 12.2. The molecular weight excluding hydrogens is 269 g/mol. The summed E-state index contributed by atoms with van der Waals surface area (Å²) < 4.78 is 0. The molecule has 18 heavy (non-hydrogen) atoms. The van der Waals surface area contributed by atoms with E-state index < -0.39 is 0 Å². The SMILES string of the molecule is CC(C)CC(CN)(CO)Cc1cccc(Cl)c1Cl. The van der Waals surface area contributed by atoms with Crippen LogP contribution in [0.1, 0.15) is 25.8 Å². The van der Waals surface area contributed by atoms with Gasteiger partial charge in [-0.05, 0) is 30.4 Å². The molecule has 3 N–H and O–H groups in total. The molecule has 0 amide bonds. The van der Waals surface area contributed by atoms with Crippen LogP contribution < -0.4 is 5.73 Å². The molecule has 0 heterocycles. The van der Waals surface area contributed by atoms with Gasteiger partial charge in [0.05, 0.1) is 16.7 Å². The van der Waals surface area contributed by atoms with Crippen LogP contribution in [-0.4, -0.2) is 18.3 Å². The van der Waals surface area contributed by atoms with E-state index in [9.17, 15) is 5.11 Å². The van der Waals surface area contributed by atoms with Crippen molar-refractivity contribution in [3.05, 3.63) is 33.8 Å². The molecule has 0 spiro atoms. The second-order valence-electron chi connectivity index (χ2n) is 5.35. The third-order valence-corrected chi connectivity index (χ3v) is 4.06. The number of hydrogen-bond acceptors (Lipinski definition) is 2. The normalized spacial score (nSPS) is 14.8. The lowest BCUT2D eigenvalue weighted by molar-refractivity contribution is 0.108. The van der Waals surface area contributed by atoms with E-state index in [4.69, 9.17) is 28.9 Å². The molecule has 0 fully saturated rings. The molecule has 0 aliphatic rings. The van der Waals surface area contributed by atoms with Gasteiger partial charge in [-0.3, -0.25) is 0 Å². The molecule has 1 aromatic rings. The first-order chi connectivity index (χ1) is 8.44. The third kappa shape index (κ3) is 3.86. The Morgan fingerprint density at radius 1 is 1.33 bits per heavy atom. The maximum absolute atomic E-state index is 9.69. The summed E-state index contributed by atoms with van der Waals surface area (Å²) in [7, 11) is 0. The number of halogens is 2. The first kappa shape index (κ1) is 15.8. The average molecular weight is 290 g/mol. The molecule has 1 rings (SSSR count). The van der Waals surface area contributed by atoms with Crippen LogP contribution in [-0.2, 0) is 6.42 Å². The maximum atomic E-state index is 9.69. The molecule has 1 unspecified atom stereocenters. The highest BCUT2D eigenvalue weighted by Gasteiger charge is 2.30. The van der Waals surface area contributed by atoms with E-state index in [-0.39, 0.29) is 12.0 Å². The van der Waals surface area contributed by atoms with Crippen molar-refractivity contribution in [2.24, 2.45) is 17.1 Å². The summed E-state index contributed by atoms with van der Waals surface area (Å²) in [5.41, 5.74) is 6.50. The quantitative estimate of drug-likeness (QED) is 0.842. The van der Waals surface area contributed by atoms with Crippen molar-refractivity contribution in [1.29, 1.82) is 0 Å². The van der Waals surface area contributed by atoms with Gasteiger partial charge < -0.3 is 10.8 Å². The number of nitrogens with two attached hydrogens (primary N) is 1. The van der Waals surface area contributed by atoms with Crippen molar-refractivity contribution in [2.75, 3.05) is 13.2 Å². The minimum Gasteiger partial charge on any atom is -0.396 e. The Morgan fingerprint density at radius 2 is 2.00 bits per heavy atom. The summed E-state index contributed by atoms with van der Waals surface area (Å²) in [6, 6.07) is 5.57. The second kappa shape index (κ2) is 6.76. The van der Waals surface area contributed by atoms with Crippen LogP contribution in [0.5, 0.6) is 0 Å². The molecule has 2 nitrogen and oxygen atoms in total. The van der Waals surface area contributed by atoms with Crippen LogP contribution in [0.3, 0.4) is 0 Å². The van der Waals surface area contributed by atoms with Crippen molar-refractivity contribution in [1.82, 2.24) is 0 Å². The monoisotopic (exact) mass is 289 g/mol. The van der Waals surface area contributed by atoms with E-state index in [0.717, 1.165) is 12.0 Å². The number of aliphatic hydroxyl groups is 1. The maximum Gasteiger partial charge on any atom is 0.0624 e. The van der Waals surface area contributed by atoms with Crippen LogP contribution in [0.25, 0.3) is 0 Å². The Labute approximate surface area is 119 Å². The Kier molecular flexibility index (Phi) is 5.93. The smallest absolute Gasteiger partial charge is 0.0624 e. The molecule has 0 saturated carbocycles. The van der Waals surface area contributed by atoms with Gasteiger partial charge in [0, 0.05) is 12.0 Å². The van der Waals surface area contributed by atoms with E-state index in [1.165, 1.54) is 0 Å². The molecule has 0 aliphatic carbocycles. The van der Waals surface area contributed by atoms with Gasteiger partial charge in [0.15, 0.2) is 0 Å². The van der Waals surface area contributed by atoms with Crippen LogP contribution in [0.4, 0.5) is 0 Å². The highest BCUT2D eigenvalue weighted by atomic mass is 35.5. The topological polar surface area (TPSA) is 46.2 Å². The number of aliphatic hydroxyl groups excluding tert-OH is 1. The van der Waals surface area contributed by atoms with Gasteiger partial charge in [-0.15, -0.1) is 0 Å². The standard InChI is InChI=1S/C14H21Cl2NO/c1-10(2)6-14(8-17,9-18)7-11-4-3-5-12(15)13(11)16/h3-5,10,18H,6-9,17H2,1-2H3. The summed E-state index contributed by atoms with van der Waals surface area (Å²) in [6.45, 7) is 4.74. The molecule has 0 aromatic heterocycles. The van der Waals surface area contributed by atoms with Crippen LogP contribution >= 0.6 is 23.2 Å². The molecule has 1 atom stereocenters. The minimum atomic E-state index is -0.317. The van der Waals surface area contributed by atoms with E-state index in [1.807, 2.05) is 12.1 Å². The van der Waals surface area contributed by atoms with Crippen LogP contribution in [0, 0.1) is 11.3 Å². The molecule has 0 aliphatic heterocycles. The number of hydrogen-bond donors (Lipinski definition) is 2. The van der Waals surface area contributed by atoms with Gasteiger partial charge >= 0.3 is 0 Å². The average Bonchev–Trinajstić information content (AvgIpc) is 2.33. The lowest BCUT2D eigenvalue weighted by Gasteiger charge is -2.32. The molecular formula is C14H21Cl2NO. The number of benzene rings is 1. The predicted octanol–water partition coefficient (Wildman–Crippen LogP) is 3.52. The third-order valence-electron chi connectivity index (χ3n) is 3.21. The summed E-state index contributed by atoms with van der Waals surface area (Å²) in [5, 5.41) is 10.8. The zero-order valence-corrected chi connectivity index (χ0v) is 12.4. The van der Waals surface area contributed by atoms with Crippen molar-refractivity contribution in [3.63, 3.8) is 0 Å². The van der Waals surface area contributed by atoms with Gasteiger partial charge in [-0.1, -0.05) is 49.2 Å². The number of rotatable bonds is 6. The van der Waals surface area contributed by atoms with Crippen molar-refractivity contribution in [3.8, 4) is 0 Å². The first-order valence-corrected chi connectivity index (χ1v) is 6.93. The molecule has 0 radical (unpaired) electrons. The molecule has 0 bridgehead atoms. The van der Waals surface area contributed by atoms with Gasteiger partial charge in [0.25, 0.3) is 0 Å². The highest BCUT2D eigenvalue weighted by Crippen LogP contribution is 2.34. The Hall–Kier alpha value is -0.280. The fourth-order valence-electron chi connectivity index (χ4n) is 2.37.